The van der Waals surface area contributed by atoms with Crippen molar-refractivity contribution in [3.8, 4) is 39.6 Å². The second-order valence-electron chi connectivity index (χ2n) is 11.0. The summed E-state index contributed by atoms with van der Waals surface area (Å²) in [5.74, 6) is 0.667. The highest BCUT2D eigenvalue weighted by Crippen LogP contribution is 2.43. The van der Waals surface area contributed by atoms with Crippen molar-refractivity contribution < 1.29 is 0 Å². The average Bonchev–Trinajstić information content (AvgIpc) is 3.65. The van der Waals surface area contributed by atoms with Crippen LogP contribution < -0.4 is 0 Å². The summed E-state index contributed by atoms with van der Waals surface area (Å²) in [6, 6.07) is 53.5. The molecule has 3 heterocycles. The van der Waals surface area contributed by atoms with Gasteiger partial charge in [0.15, 0.2) is 0 Å². The van der Waals surface area contributed by atoms with Gasteiger partial charge in [0.1, 0.15) is 0 Å². The van der Waals surface area contributed by atoms with E-state index in [-0.39, 0.29) is 0 Å². The maximum absolute atomic E-state index is 5.33. The number of benzene rings is 6. The number of aromatic nitrogens is 3. The predicted octanol–water partition coefficient (Wildman–Crippen LogP) is 10.9. The van der Waals surface area contributed by atoms with E-state index in [4.69, 9.17) is 9.97 Å². The van der Waals surface area contributed by atoms with E-state index >= 15 is 0 Å². The molecule has 44 heavy (non-hydrogen) atoms. The van der Waals surface area contributed by atoms with E-state index in [0.717, 1.165) is 39.1 Å². The molecular formula is C40H25N3S. The molecule has 206 valence electrons. The second-order valence-corrected chi connectivity index (χ2v) is 12.1. The Morgan fingerprint density at radius 1 is 0.432 bits per heavy atom. The standard InChI is InChI=1S/C40H25N3S/c1-3-12-26(13-4-1)28-16-11-17-29(24-28)34-25-33(27-14-5-2-6-15-27)41-40(42-34)43-35-20-9-7-18-30(35)31-22-23-37-38(39(31)43)32-19-8-10-21-36(32)44-37/h1-25H. The van der Waals surface area contributed by atoms with Gasteiger partial charge in [-0.3, -0.25) is 4.57 Å². The zero-order valence-electron chi connectivity index (χ0n) is 23.7. The normalized spacial score (nSPS) is 11.6. The topological polar surface area (TPSA) is 30.7 Å². The average molecular weight is 580 g/mol. The van der Waals surface area contributed by atoms with Crippen LogP contribution in [0, 0.1) is 0 Å². The van der Waals surface area contributed by atoms with Crippen LogP contribution in [0.2, 0.25) is 0 Å². The first-order chi connectivity index (χ1) is 21.8. The summed E-state index contributed by atoms with van der Waals surface area (Å²) in [6.45, 7) is 0. The molecule has 0 fully saturated rings. The zero-order chi connectivity index (χ0) is 29.0. The van der Waals surface area contributed by atoms with E-state index in [9.17, 15) is 0 Å². The van der Waals surface area contributed by atoms with E-state index in [2.05, 4.69) is 150 Å². The molecule has 0 spiro atoms. The second kappa shape index (κ2) is 10.0. The number of hydrogen-bond donors (Lipinski definition) is 0. The molecule has 3 aromatic heterocycles. The first kappa shape index (κ1) is 25.0. The predicted molar refractivity (Wildman–Crippen MR) is 186 cm³/mol. The summed E-state index contributed by atoms with van der Waals surface area (Å²) in [5.41, 5.74) is 8.48. The zero-order valence-corrected chi connectivity index (χ0v) is 24.5. The van der Waals surface area contributed by atoms with Crippen LogP contribution in [0.3, 0.4) is 0 Å². The first-order valence-corrected chi connectivity index (χ1v) is 15.6. The third-order valence-corrected chi connectivity index (χ3v) is 9.56. The van der Waals surface area contributed by atoms with Gasteiger partial charge in [0.05, 0.1) is 22.4 Å². The molecule has 0 unspecified atom stereocenters. The van der Waals surface area contributed by atoms with Crippen molar-refractivity contribution in [2.24, 2.45) is 0 Å². The summed E-state index contributed by atoms with van der Waals surface area (Å²) in [5, 5.41) is 4.91. The lowest BCUT2D eigenvalue weighted by Gasteiger charge is -2.13. The molecule has 0 aliphatic rings. The smallest absolute Gasteiger partial charge is 0.235 e. The SMILES string of the molecule is c1ccc(-c2cccc(-c3cc(-c4ccccc4)nc(-n4c5ccccc5c5ccc6sc7ccccc7c6c54)n3)c2)cc1. The van der Waals surface area contributed by atoms with Crippen molar-refractivity contribution >= 4 is 53.3 Å². The Balaban J connectivity index is 1.38. The summed E-state index contributed by atoms with van der Waals surface area (Å²) in [6.07, 6.45) is 0. The highest BCUT2D eigenvalue weighted by Gasteiger charge is 2.20. The number of fused-ring (bicyclic) bond motifs is 7. The monoisotopic (exact) mass is 579 g/mol. The van der Waals surface area contributed by atoms with Crippen LogP contribution in [0.5, 0.6) is 0 Å². The summed E-state index contributed by atoms with van der Waals surface area (Å²) in [7, 11) is 0. The molecule has 0 N–H and O–H groups in total. The Morgan fingerprint density at radius 3 is 1.89 bits per heavy atom. The molecule has 0 amide bonds. The largest absolute Gasteiger partial charge is 0.277 e. The van der Waals surface area contributed by atoms with E-state index in [1.807, 2.05) is 17.4 Å². The lowest BCUT2D eigenvalue weighted by Crippen LogP contribution is -2.04. The Morgan fingerprint density at radius 2 is 1.07 bits per heavy atom. The fourth-order valence-corrected chi connectivity index (χ4v) is 7.51. The minimum atomic E-state index is 0.667. The van der Waals surface area contributed by atoms with Crippen molar-refractivity contribution in [2.45, 2.75) is 0 Å². The third-order valence-electron chi connectivity index (χ3n) is 8.42. The van der Waals surface area contributed by atoms with Gasteiger partial charge in [0.2, 0.25) is 5.95 Å². The van der Waals surface area contributed by atoms with Crippen molar-refractivity contribution in [1.29, 1.82) is 0 Å². The van der Waals surface area contributed by atoms with E-state index < -0.39 is 0 Å². The third kappa shape index (κ3) is 3.96. The molecular weight excluding hydrogens is 555 g/mol. The Kier molecular flexibility index (Phi) is 5.68. The number of hydrogen-bond acceptors (Lipinski definition) is 3. The van der Waals surface area contributed by atoms with Crippen LogP contribution in [-0.4, -0.2) is 14.5 Å². The van der Waals surface area contributed by atoms with Crippen molar-refractivity contribution in [2.75, 3.05) is 0 Å². The lowest BCUT2D eigenvalue weighted by atomic mass is 10.0. The maximum atomic E-state index is 5.33. The summed E-state index contributed by atoms with van der Waals surface area (Å²) in [4.78, 5) is 10.6. The van der Waals surface area contributed by atoms with Crippen molar-refractivity contribution in [1.82, 2.24) is 14.5 Å². The van der Waals surface area contributed by atoms with Gasteiger partial charge in [-0.1, -0.05) is 121 Å². The van der Waals surface area contributed by atoms with Crippen molar-refractivity contribution in [3.05, 3.63) is 152 Å². The molecule has 6 aromatic carbocycles. The molecule has 0 atom stereocenters. The van der Waals surface area contributed by atoms with Gasteiger partial charge in [0, 0.05) is 42.1 Å². The van der Waals surface area contributed by atoms with Crippen LogP contribution >= 0.6 is 11.3 Å². The van der Waals surface area contributed by atoms with Gasteiger partial charge in [-0.15, -0.1) is 11.3 Å². The highest BCUT2D eigenvalue weighted by atomic mass is 32.1. The number of thiophene rings is 1. The first-order valence-electron chi connectivity index (χ1n) is 14.8. The van der Waals surface area contributed by atoms with E-state index in [0.29, 0.717) is 5.95 Å². The Hall–Kier alpha value is -5.58. The molecule has 9 rings (SSSR count). The maximum Gasteiger partial charge on any atom is 0.235 e. The lowest BCUT2D eigenvalue weighted by molar-refractivity contribution is 0.998. The Bertz CT molecular complexity index is 2490. The van der Waals surface area contributed by atoms with Crippen LogP contribution in [0.4, 0.5) is 0 Å². The molecule has 0 aliphatic heterocycles. The van der Waals surface area contributed by atoms with Gasteiger partial charge in [-0.2, -0.15) is 0 Å². The summed E-state index contributed by atoms with van der Waals surface area (Å²) >= 11 is 1.84. The highest BCUT2D eigenvalue weighted by molar-refractivity contribution is 7.26. The molecule has 9 aromatic rings. The van der Waals surface area contributed by atoms with Gasteiger partial charge >= 0.3 is 0 Å². The van der Waals surface area contributed by atoms with Crippen LogP contribution in [0.15, 0.2) is 152 Å². The Labute approximate surface area is 258 Å². The van der Waals surface area contributed by atoms with Crippen molar-refractivity contribution in [3.63, 3.8) is 0 Å². The minimum Gasteiger partial charge on any atom is -0.277 e. The molecule has 3 nitrogen and oxygen atoms in total. The van der Waals surface area contributed by atoms with E-state index in [1.54, 1.807) is 0 Å². The fraction of sp³-hybridized carbons (Fsp3) is 0. The minimum absolute atomic E-state index is 0.667. The van der Waals surface area contributed by atoms with Gasteiger partial charge < -0.3 is 0 Å². The quantitative estimate of drug-likeness (QED) is 0.208. The molecule has 0 aliphatic carbocycles. The summed E-state index contributed by atoms with van der Waals surface area (Å²) < 4.78 is 4.82. The van der Waals surface area contributed by atoms with Crippen LogP contribution in [0.25, 0.3) is 81.6 Å². The van der Waals surface area contributed by atoms with Gasteiger partial charge in [-0.05, 0) is 41.5 Å². The fourth-order valence-electron chi connectivity index (χ4n) is 6.40. The van der Waals surface area contributed by atoms with Crippen LogP contribution in [-0.2, 0) is 0 Å². The molecule has 0 saturated heterocycles. The molecule has 4 heteroatoms. The van der Waals surface area contributed by atoms with Gasteiger partial charge in [-0.25, -0.2) is 9.97 Å². The number of nitrogens with zero attached hydrogens (tertiary/aromatic N) is 3. The number of para-hydroxylation sites is 1. The molecule has 0 radical (unpaired) electrons. The molecule has 0 bridgehead atoms. The van der Waals surface area contributed by atoms with Crippen LogP contribution in [0.1, 0.15) is 0 Å². The van der Waals surface area contributed by atoms with E-state index in [1.165, 1.54) is 36.5 Å². The van der Waals surface area contributed by atoms with Gasteiger partial charge in [0.25, 0.3) is 0 Å². The number of rotatable bonds is 4. The molecule has 0 saturated carbocycles.